The van der Waals surface area contributed by atoms with Crippen LogP contribution < -0.4 is 25.8 Å². The number of nitrogens with one attached hydrogen (secondary N) is 2. The number of benzene rings is 2. The van der Waals surface area contributed by atoms with Crippen LogP contribution in [-0.2, 0) is 6.42 Å². The number of ether oxygens (including phenoxy) is 2. The standard InChI is InChI=1S/C26H33N5O4/c1-15-10-16(2)24(17(3)11-15)29-23-14-20-19-13-22(35-5)21(34-4)12-18(19)6-8-30(20)26(33)31(23)9-7-28-25(27)32/h10-14,23,29H,6-9H2,1-5H3,(H3,27,28,32). The lowest BCUT2D eigenvalue weighted by atomic mass is 9.93. The highest BCUT2D eigenvalue weighted by Crippen LogP contribution is 2.40. The summed E-state index contributed by atoms with van der Waals surface area (Å²) in [6.45, 7) is 7.28. The number of nitrogens with zero attached hydrogens (tertiary/aromatic N) is 2. The van der Waals surface area contributed by atoms with Gasteiger partial charge in [0, 0.05) is 30.9 Å². The Kier molecular flexibility index (Phi) is 6.77. The zero-order chi connectivity index (χ0) is 25.3. The van der Waals surface area contributed by atoms with E-state index in [0.717, 1.165) is 33.6 Å². The summed E-state index contributed by atoms with van der Waals surface area (Å²) in [5.74, 6) is 1.28. The molecule has 9 heteroatoms. The molecule has 35 heavy (non-hydrogen) atoms. The average molecular weight is 480 g/mol. The minimum Gasteiger partial charge on any atom is -0.493 e. The number of aryl methyl sites for hydroxylation is 3. The summed E-state index contributed by atoms with van der Waals surface area (Å²) >= 11 is 0. The second-order valence-corrected chi connectivity index (χ2v) is 8.95. The van der Waals surface area contributed by atoms with Crippen molar-refractivity contribution in [3.63, 3.8) is 0 Å². The minimum atomic E-state index is -0.617. The molecule has 0 aliphatic carbocycles. The van der Waals surface area contributed by atoms with Crippen molar-refractivity contribution in [2.75, 3.05) is 39.2 Å². The Morgan fingerprint density at radius 3 is 2.37 bits per heavy atom. The fraction of sp³-hybridized carbons (Fsp3) is 0.385. The SMILES string of the molecule is COc1cc2c(cc1OC)C1=CC(Nc3c(C)cc(C)cc3C)N(CCNC(N)=O)C(=O)N1CC2. The number of nitrogens with two attached hydrogens (primary N) is 1. The number of hydrogen-bond donors (Lipinski definition) is 3. The van der Waals surface area contributed by atoms with Crippen molar-refractivity contribution < 1.29 is 19.1 Å². The molecule has 0 bridgehead atoms. The van der Waals surface area contributed by atoms with Crippen LogP contribution >= 0.6 is 0 Å². The molecule has 2 aliphatic heterocycles. The molecular weight excluding hydrogens is 446 g/mol. The number of carbonyl (C=O) groups is 2. The summed E-state index contributed by atoms with van der Waals surface area (Å²) in [6.07, 6.45) is 2.33. The highest BCUT2D eigenvalue weighted by atomic mass is 16.5. The molecule has 4 N–H and O–H groups in total. The molecule has 186 valence electrons. The maximum atomic E-state index is 13.7. The van der Waals surface area contributed by atoms with Gasteiger partial charge in [-0.2, -0.15) is 0 Å². The highest BCUT2D eigenvalue weighted by molar-refractivity contribution is 5.91. The first-order valence-electron chi connectivity index (χ1n) is 11.7. The molecule has 2 aromatic rings. The van der Waals surface area contributed by atoms with E-state index in [4.69, 9.17) is 15.2 Å². The van der Waals surface area contributed by atoms with Gasteiger partial charge in [0.1, 0.15) is 6.17 Å². The summed E-state index contributed by atoms with van der Waals surface area (Å²) in [7, 11) is 3.22. The van der Waals surface area contributed by atoms with E-state index in [9.17, 15) is 9.59 Å². The Balaban J connectivity index is 1.78. The third kappa shape index (κ3) is 4.71. The van der Waals surface area contributed by atoms with Crippen LogP contribution in [0.1, 0.15) is 27.8 Å². The molecule has 1 unspecified atom stereocenters. The minimum absolute atomic E-state index is 0.130. The molecule has 9 nitrogen and oxygen atoms in total. The lowest BCUT2D eigenvalue weighted by Gasteiger charge is -2.44. The molecule has 4 rings (SSSR count). The lowest BCUT2D eigenvalue weighted by molar-refractivity contribution is 0.158. The van der Waals surface area contributed by atoms with Gasteiger partial charge in [0.05, 0.1) is 19.9 Å². The third-order valence-electron chi connectivity index (χ3n) is 6.53. The van der Waals surface area contributed by atoms with E-state index in [2.05, 4.69) is 49.6 Å². The number of anilines is 1. The summed E-state index contributed by atoms with van der Waals surface area (Å²) < 4.78 is 11.0. The van der Waals surface area contributed by atoms with Gasteiger partial charge < -0.3 is 25.8 Å². The van der Waals surface area contributed by atoms with Crippen molar-refractivity contribution in [3.05, 3.63) is 58.2 Å². The van der Waals surface area contributed by atoms with Crippen LogP contribution in [0, 0.1) is 20.8 Å². The molecule has 1 atom stereocenters. The molecule has 0 spiro atoms. The maximum Gasteiger partial charge on any atom is 0.326 e. The highest BCUT2D eigenvalue weighted by Gasteiger charge is 2.38. The van der Waals surface area contributed by atoms with Gasteiger partial charge in [-0.3, -0.25) is 9.80 Å². The largest absolute Gasteiger partial charge is 0.493 e. The Morgan fingerprint density at radius 2 is 1.74 bits per heavy atom. The van der Waals surface area contributed by atoms with E-state index in [1.165, 1.54) is 5.56 Å². The van der Waals surface area contributed by atoms with Gasteiger partial charge in [0.2, 0.25) is 0 Å². The van der Waals surface area contributed by atoms with Crippen molar-refractivity contribution >= 4 is 23.4 Å². The first kappa shape index (κ1) is 24.3. The Morgan fingerprint density at radius 1 is 1.09 bits per heavy atom. The molecule has 0 radical (unpaired) electrons. The van der Waals surface area contributed by atoms with Crippen molar-refractivity contribution in [2.24, 2.45) is 5.73 Å². The predicted octanol–water partition coefficient (Wildman–Crippen LogP) is 3.37. The van der Waals surface area contributed by atoms with E-state index in [0.29, 0.717) is 31.0 Å². The topological polar surface area (TPSA) is 109 Å². The number of primary amides is 1. The second-order valence-electron chi connectivity index (χ2n) is 8.95. The van der Waals surface area contributed by atoms with Crippen molar-refractivity contribution in [1.82, 2.24) is 15.1 Å². The number of urea groups is 2. The number of amides is 4. The van der Waals surface area contributed by atoms with Gasteiger partial charge >= 0.3 is 12.1 Å². The van der Waals surface area contributed by atoms with Gasteiger partial charge in [-0.05, 0) is 62.1 Å². The fourth-order valence-corrected chi connectivity index (χ4v) is 4.97. The molecular formula is C26H33N5O4. The summed E-state index contributed by atoms with van der Waals surface area (Å²) in [5, 5.41) is 6.17. The van der Waals surface area contributed by atoms with Crippen molar-refractivity contribution in [2.45, 2.75) is 33.4 Å². The molecule has 2 heterocycles. The molecule has 4 amide bonds. The van der Waals surface area contributed by atoms with Crippen LogP contribution in [-0.4, -0.2) is 61.9 Å². The summed E-state index contributed by atoms with van der Waals surface area (Å²) in [4.78, 5) is 28.5. The monoisotopic (exact) mass is 479 g/mol. The molecule has 0 aromatic heterocycles. The van der Waals surface area contributed by atoms with Crippen LogP contribution in [0.4, 0.5) is 15.3 Å². The van der Waals surface area contributed by atoms with Crippen LogP contribution in [0.25, 0.3) is 5.70 Å². The Labute approximate surface area is 205 Å². The third-order valence-corrected chi connectivity index (χ3v) is 6.53. The van der Waals surface area contributed by atoms with Crippen LogP contribution in [0.15, 0.2) is 30.3 Å². The quantitative estimate of drug-likeness (QED) is 0.564. The molecule has 2 aromatic carbocycles. The van der Waals surface area contributed by atoms with Gasteiger partial charge in [-0.15, -0.1) is 0 Å². The van der Waals surface area contributed by atoms with Crippen LogP contribution in [0.3, 0.4) is 0 Å². The van der Waals surface area contributed by atoms with E-state index in [-0.39, 0.29) is 12.6 Å². The smallest absolute Gasteiger partial charge is 0.326 e. The van der Waals surface area contributed by atoms with Gasteiger partial charge in [0.15, 0.2) is 11.5 Å². The molecule has 2 aliphatic rings. The first-order valence-corrected chi connectivity index (χ1v) is 11.7. The van der Waals surface area contributed by atoms with E-state index in [1.54, 1.807) is 24.0 Å². The Bertz CT molecular complexity index is 1170. The average Bonchev–Trinajstić information content (AvgIpc) is 2.81. The van der Waals surface area contributed by atoms with Gasteiger partial charge in [-0.25, -0.2) is 9.59 Å². The van der Waals surface area contributed by atoms with E-state index >= 15 is 0 Å². The Hall–Kier alpha value is -3.88. The zero-order valence-electron chi connectivity index (χ0n) is 20.9. The number of rotatable bonds is 7. The predicted molar refractivity (Wildman–Crippen MR) is 136 cm³/mol. The second kappa shape index (κ2) is 9.77. The molecule has 0 saturated heterocycles. The zero-order valence-corrected chi connectivity index (χ0v) is 20.9. The fourth-order valence-electron chi connectivity index (χ4n) is 4.97. The number of methoxy groups -OCH3 is 2. The normalized spacial score (nSPS) is 16.8. The summed E-state index contributed by atoms with van der Waals surface area (Å²) in [6, 6.07) is 7.40. The van der Waals surface area contributed by atoms with E-state index in [1.807, 2.05) is 12.1 Å². The van der Waals surface area contributed by atoms with Gasteiger partial charge in [0.25, 0.3) is 0 Å². The molecule has 0 fully saturated rings. The van der Waals surface area contributed by atoms with Crippen LogP contribution in [0.5, 0.6) is 11.5 Å². The maximum absolute atomic E-state index is 13.7. The van der Waals surface area contributed by atoms with E-state index < -0.39 is 12.2 Å². The number of fused-ring (bicyclic) bond motifs is 3. The first-order chi connectivity index (χ1) is 16.7. The van der Waals surface area contributed by atoms with Crippen molar-refractivity contribution in [3.8, 4) is 11.5 Å². The molecule has 0 saturated carbocycles. The number of hydrogen-bond acceptors (Lipinski definition) is 5. The van der Waals surface area contributed by atoms with Crippen molar-refractivity contribution in [1.29, 1.82) is 0 Å². The lowest BCUT2D eigenvalue weighted by Crippen LogP contribution is -2.56. The van der Waals surface area contributed by atoms with Crippen LogP contribution in [0.2, 0.25) is 0 Å². The summed E-state index contributed by atoms with van der Waals surface area (Å²) in [5.41, 5.74) is 12.5. The van der Waals surface area contributed by atoms with Gasteiger partial charge in [-0.1, -0.05) is 17.7 Å². The number of carbonyl (C=O) groups excluding carboxylic acids is 2.